The van der Waals surface area contributed by atoms with Gasteiger partial charge in [0.1, 0.15) is 5.82 Å². The average Bonchev–Trinajstić information content (AvgIpc) is 2.43. The van der Waals surface area contributed by atoms with E-state index in [9.17, 15) is 13.2 Å². The Bertz CT molecular complexity index is 560. The van der Waals surface area contributed by atoms with Crippen LogP contribution in [0, 0.1) is 0 Å². The minimum atomic E-state index is -3.15. The molecule has 112 valence electrons. The molecular weight excluding hydrogens is 282 g/mol. The molecule has 1 aromatic heterocycles. The van der Waals surface area contributed by atoms with Crippen molar-refractivity contribution < 1.29 is 18.3 Å². The van der Waals surface area contributed by atoms with Crippen molar-refractivity contribution in [1.29, 1.82) is 0 Å². The monoisotopic (exact) mass is 301 g/mol. The highest BCUT2D eigenvalue weighted by molar-refractivity contribution is 7.89. The maximum absolute atomic E-state index is 11.5. The van der Waals surface area contributed by atoms with Crippen LogP contribution < -0.4 is 5.32 Å². The van der Waals surface area contributed by atoms with Crippen molar-refractivity contribution in [2.75, 3.05) is 31.2 Å². The lowest BCUT2D eigenvalue weighted by Crippen LogP contribution is -2.30. The lowest BCUT2D eigenvalue weighted by Gasteiger charge is -2.15. The van der Waals surface area contributed by atoms with Crippen molar-refractivity contribution in [3.8, 4) is 0 Å². The van der Waals surface area contributed by atoms with Crippen molar-refractivity contribution in [2.45, 2.75) is 13.3 Å². The fourth-order valence-corrected chi connectivity index (χ4v) is 2.38. The fraction of sp³-hybridized carbons (Fsp3) is 0.500. The van der Waals surface area contributed by atoms with E-state index in [0.717, 1.165) is 0 Å². The van der Waals surface area contributed by atoms with Gasteiger partial charge >= 0.3 is 5.97 Å². The molecule has 1 rings (SSSR count). The van der Waals surface area contributed by atoms with Crippen LogP contribution in [-0.4, -0.2) is 54.7 Å². The van der Waals surface area contributed by atoms with Gasteiger partial charge in [-0.2, -0.15) is 0 Å². The maximum atomic E-state index is 11.5. The smallest absolute Gasteiger partial charge is 0.354 e. The Morgan fingerprint density at radius 3 is 2.75 bits per heavy atom. The molecule has 0 amide bonds. The van der Waals surface area contributed by atoms with Crippen molar-refractivity contribution in [2.24, 2.45) is 0 Å². The summed E-state index contributed by atoms with van der Waals surface area (Å²) in [4.78, 5) is 14.7. The topological polar surface area (TPSA) is 99.6 Å². The normalized spacial score (nSPS) is 11.6. The van der Waals surface area contributed by atoms with E-state index >= 15 is 0 Å². The van der Waals surface area contributed by atoms with Gasteiger partial charge in [0.15, 0.2) is 5.69 Å². The molecule has 0 aliphatic heterocycles. The minimum Gasteiger partial charge on any atom is -0.477 e. The number of aromatic carboxylic acids is 1. The van der Waals surface area contributed by atoms with Gasteiger partial charge in [-0.15, -0.1) is 0 Å². The van der Waals surface area contributed by atoms with Gasteiger partial charge in [0.2, 0.25) is 10.0 Å². The molecule has 0 saturated heterocycles. The molecule has 1 heterocycles. The number of carbonyl (C=O) groups is 1. The Morgan fingerprint density at radius 1 is 1.45 bits per heavy atom. The molecule has 0 unspecified atom stereocenters. The molecule has 7 nitrogen and oxygen atoms in total. The Balaban J connectivity index is 2.42. The molecular formula is C12H19N3O4S. The zero-order valence-electron chi connectivity index (χ0n) is 11.5. The summed E-state index contributed by atoms with van der Waals surface area (Å²) in [5.41, 5.74) is -0.0271. The van der Waals surface area contributed by atoms with Gasteiger partial charge in [-0.25, -0.2) is 22.5 Å². The first-order chi connectivity index (χ1) is 9.36. The van der Waals surface area contributed by atoms with E-state index in [1.165, 1.54) is 10.4 Å². The zero-order chi connectivity index (χ0) is 15.2. The Morgan fingerprint density at radius 2 is 2.15 bits per heavy atom. The summed E-state index contributed by atoms with van der Waals surface area (Å²) in [6.07, 6.45) is 0.606. The second kappa shape index (κ2) is 7.20. The van der Waals surface area contributed by atoms with Crippen LogP contribution in [0.4, 0.5) is 5.82 Å². The molecule has 0 aromatic carbocycles. The SMILES string of the molecule is CCS(=O)(=O)N(C)CCCNc1cccc(C(=O)O)n1. The van der Waals surface area contributed by atoms with Gasteiger partial charge in [-0.1, -0.05) is 6.07 Å². The Kier molecular flexibility index (Phi) is 5.90. The van der Waals surface area contributed by atoms with Gasteiger partial charge in [0, 0.05) is 20.1 Å². The van der Waals surface area contributed by atoms with E-state index in [0.29, 0.717) is 25.3 Å². The molecule has 0 fully saturated rings. The van der Waals surface area contributed by atoms with Crippen molar-refractivity contribution >= 4 is 21.8 Å². The highest BCUT2D eigenvalue weighted by atomic mass is 32.2. The van der Waals surface area contributed by atoms with Gasteiger partial charge in [-0.3, -0.25) is 0 Å². The molecule has 0 bridgehead atoms. The molecule has 0 atom stereocenters. The number of aromatic nitrogens is 1. The van der Waals surface area contributed by atoms with Crippen LogP contribution in [0.15, 0.2) is 18.2 Å². The molecule has 0 radical (unpaired) electrons. The number of hydrogen-bond donors (Lipinski definition) is 2. The van der Waals surface area contributed by atoms with E-state index in [1.807, 2.05) is 0 Å². The molecule has 0 aliphatic rings. The second-order valence-corrected chi connectivity index (χ2v) is 6.58. The molecule has 0 saturated carbocycles. The van der Waals surface area contributed by atoms with E-state index in [-0.39, 0.29) is 11.4 Å². The molecule has 0 spiro atoms. The molecule has 20 heavy (non-hydrogen) atoms. The first-order valence-corrected chi connectivity index (χ1v) is 7.86. The first-order valence-electron chi connectivity index (χ1n) is 6.25. The fourth-order valence-electron chi connectivity index (χ4n) is 1.53. The Labute approximate surface area is 118 Å². The summed E-state index contributed by atoms with van der Waals surface area (Å²) in [5, 5.41) is 11.8. The first kappa shape index (κ1) is 16.4. The number of pyridine rings is 1. The number of sulfonamides is 1. The third kappa shape index (κ3) is 4.78. The third-order valence-corrected chi connectivity index (χ3v) is 4.63. The largest absolute Gasteiger partial charge is 0.477 e. The lowest BCUT2D eigenvalue weighted by atomic mass is 10.3. The highest BCUT2D eigenvalue weighted by Gasteiger charge is 2.13. The number of nitrogens with one attached hydrogen (secondary N) is 1. The van der Waals surface area contributed by atoms with Crippen molar-refractivity contribution in [1.82, 2.24) is 9.29 Å². The lowest BCUT2D eigenvalue weighted by molar-refractivity contribution is 0.0690. The summed E-state index contributed by atoms with van der Waals surface area (Å²) in [6.45, 7) is 2.52. The standard InChI is InChI=1S/C12H19N3O4S/c1-3-20(18,19)15(2)9-5-8-13-11-7-4-6-10(14-11)12(16)17/h4,6-7H,3,5,8-9H2,1-2H3,(H,13,14)(H,16,17). The van der Waals surface area contributed by atoms with Crippen LogP contribution in [0.25, 0.3) is 0 Å². The van der Waals surface area contributed by atoms with Crippen LogP contribution in [0.5, 0.6) is 0 Å². The average molecular weight is 301 g/mol. The minimum absolute atomic E-state index is 0.0271. The van der Waals surface area contributed by atoms with Crippen LogP contribution in [0.2, 0.25) is 0 Å². The summed E-state index contributed by atoms with van der Waals surface area (Å²) in [7, 11) is -1.61. The molecule has 2 N–H and O–H groups in total. The van der Waals surface area contributed by atoms with Gasteiger partial charge in [-0.05, 0) is 25.5 Å². The number of carboxylic acids is 1. The second-order valence-electron chi connectivity index (χ2n) is 4.22. The maximum Gasteiger partial charge on any atom is 0.354 e. The number of nitrogens with zero attached hydrogens (tertiary/aromatic N) is 2. The van der Waals surface area contributed by atoms with Crippen LogP contribution in [-0.2, 0) is 10.0 Å². The van der Waals surface area contributed by atoms with E-state index in [4.69, 9.17) is 5.11 Å². The number of rotatable bonds is 8. The summed E-state index contributed by atoms with van der Waals surface area (Å²) >= 11 is 0. The predicted octanol–water partition coefficient (Wildman–Crippen LogP) is 0.863. The Hall–Kier alpha value is -1.67. The van der Waals surface area contributed by atoms with Gasteiger partial charge < -0.3 is 10.4 Å². The van der Waals surface area contributed by atoms with E-state index in [1.54, 1.807) is 26.1 Å². The third-order valence-electron chi connectivity index (χ3n) is 2.76. The zero-order valence-corrected chi connectivity index (χ0v) is 12.4. The van der Waals surface area contributed by atoms with Gasteiger partial charge in [0.05, 0.1) is 5.75 Å². The quantitative estimate of drug-likeness (QED) is 0.691. The number of anilines is 1. The van der Waals surface area contributed by atoms with E-state index < -0.39 is 16.0 Å². The van der Waals surface area contributed by atoms with E-state index in [2.05, 4.69) is 10.3 Å². The molecule has 0 aliphatic carbocycles. The summed E-state index contributed by atoms with van der Waals surface area (Å²) < 4.78 is 24.3. The van der Waals surface area contributed by atoms with Crippen molar-refractivity contribution in [3.05, 3.63) is 23.9 Å². The van der Waals surface area contributed by atoms with Crippen LogP contribution in [0.3, 0.4) is 0 Å². The highest BCUT2D eigenvalue weighted by Crippen LogP contribution is 2.05. The van der Waals surface area contributed by atoms with Crippen molar-refractivity contribution in [3.63, 3.8) is 0 Å². The molecule has 1 aromatic rings. The van der Waals surface area contributed by atoms with Crippen LogP contribution >= 0.6 is 0 Å². The van der Waals surface area contributed by atoms with Crippen LogP contribution in [0.1, 0.15) is 23.8 Å². The summed E-state index contributed by atoms with van der Waals surface area (Å²) in [5.74, 6) is -0.535. The number of hydrogen-bond acceptors (Lipinski definition) is 5. The number of carboxylic acid groups (broad SMARTS) is 1. The predicted molar refractivity (Wildman–Crippen MR) is 76.4 cm³/mol. The summed E-state index contributed by atoms with van der Waals surface area (Å²) in [6, 6.07) is 4.68. The molecule has 8 heteroatoms. The van der Waals surface area contributed by atoms with Gasteiger partial charge in [0.25, 0.3) is 0 Å².